The van der Waals surface area contributed by atoms with E-state index in [-0.39, 0.29) is 17.8 Å². The van der Waals surface area contributed by atoms with E-state index in [0.717, 1.165) is 18.7 Å². The summed E-state index contributed by atoms with van der Waals surface area (Å²) in [6.45, 7) is 3.52. The Morgan fingerprint density at radius 3 is 2.52 bits per heavy atom. The second kappa shape index (κ2) is 8.98. The molecule has 1 fully saturated rings. The molecule has 1 amide bonds. The molecule has 0 saturated carbocycles. The Bertz CT molecular complexity index is 937. The van der Waals surface area contributed by atoms with Crippen molar-refractivity contribution in [1.82, 2.24) is 20.0 Å². The Balaban J connectivity index is 1.44. The number of nitrogens with one attached hydrogen (secondary N) is 1. The first-order chi connectivity index (χ1) is 14.2. The highest BCUT2D eigenvalue weighted by atomic mass is 19.1. The average Bonchev–Trinajstić information content (AvgIpc) is 3.26. The summed E-state index contributed by atoms with van der Waals surface area (Å²) in [6.07, 6.45) is 1.69. The van der Waals surface area contributed by atoms with Crippen molar-refractivity contribution in [3.8, 4) is 5.69 Å². The van der Waals surface area contributed by atoms with Gasteiger partial charge < -0.3 is 10.1 Å². The van der Waals surface area contributed by atoms with Crippen LogP contribution in [-0.2, 0) is 4.74 Å². The third kappa shape index (κ3) is 4.70. The maximum atomic E-state index is 13.1. The summed E-state index contributed by atoms with van der Waals surface area (Å²) in [4.78, 5) is 15.0. The van der Waals surface area contributed by atoms with Crippen molar-refractivity contribution in [1.29, 1.82) is 0 Å². The molecule has 1 aliphatic heterocycles. The number of amides is 1. The molecule has 1 atom stereocenters. The quantitative estimate of drug-likeness (QED) is 0.699. The lowest BCUT2D eigenvalue weighted by atomic mass is 10.0. The highest BCUT2D eigenvalue weighted by Crippen LogP contribution is 2.21. The molecule has 0 spiro atoms. The summed E-state index contributed by atoms with van der Waals surface area (Å²) in [5.41, 5.74) is 2.18. The van der Waals surface area contributed by atoms with Crippen LogP contribution in [0.1, 0.15) is 22.1 Å². The third-order valence-electron chi connectivity index (χ3n) is 5.04. The van der Waals surface area contributed by atoms with Crippen LogP contribution in [0, 0.1) is 5.82 Å². The Labute approximate surface area is 168 Å². The number of halogens is 1. The first-order valence-electron chi connectivity index (χ1n) is 9.67. The molecule has 1 saturated heterocycles. The molecule has 3 aromatic rings. The van der Waals surface area contributed by atoms with Crippen LogP contribution >= 0.6 is 0 Å². The molecule has 1 aliphatic rings. The number of carbonyl (C=O) groups is 1. The minimum absolute atomic E-state index is 0.0724. The van der Waals surface area contributed by atoms with Gasteiger partial charge in [-0.05, 0) is 35.9 Å². The standard InChI is InChI=1S/C22H23FN4O2/c23-18-6-8-19(9-7-18)27-11-10-20(25-27)22(28)24-16-21(17-4-2-1-3-5-17)26-12-14-29-15-13-26/h1-11,21H,12-16H2,(H,24,28). The summed E-state index contributed by atoms with van der Waals surface area (Å²) < 4.78 is 20.1. The molecule has 4 rings (SSSR count). The first-order valence-corrected chi connectivity index (χ1v) is 9.67. The van der Waals surface area contributed by atoms with Gasteiger partial charge in [-0.3, -0.25) is 9.69 Å². The molecule has 7 heteroatoms. The highest BCUT2D eigenvalue weighted by Gasteiger charge is 2.23. The zero-order chi connectivity index (χ0) is 20.1. The van der Waals surface area contributed by atoms with E-state index in [0.29, 0.717) is 31.1 Å². The predicted molar refractivity (Wildman–Crippen MR) is 107 cm³/mol. The molecule has 0 radical (unpaired) electrons. The van der Waals surface area contributed by atoms with E-state index < -0.39 is 0 Å². The van der Waals surface area contributed by atoms with Crippen LogP contribution in [0.15, 0.2) is 66.9 Å². The van der Waals surface area contributed by atoms with Gasteiger partial charge in [0, 0.05) is 25.8 Å². The SMILES string of the molecule is O=C(NCC(c1ccccc1)N1CCOCC1)c1ccn(-c2ccc(F)cc2)n1. The van der Waals surface area contributed by atoms with E-state index >= 15 is 0 Å². The van der Waals surface area contributed by atoms with Crippen LogP contribution in [-0.4, -0.2) is 53.4 Å². The number of nitrogens with zero attached hydrogens (tertiary/aromatic N) is 3. The van der Waals surface area contributed by atoms with Gasteiger partial charge in [-0.1, -0.05) is 30.3 Å². The Kier molecular flexibility index (Phi) is 5.97. The summed E-state index contributed by atoms with van der Waals surface area (Å²) >= 11 is 0. The van der Waals surface area contributed by atoms with Crippen molar-refractivity contribution in [3.63, 3.8) is 0 Å². The Hall–Kier alpha value is -3.03. The van der Waals surface area contributed by atoms with E-state index in [2.05, 4.69) is 27.4 Å². The molecule has 29 heavy (non-hydrogen) atoms. The van der Waals surface area contributed by atoms with Gasteiger partial charge in [0.25, 0.3) is 5.91 Å². The molecular weight excluding hydrogens is 371 g/mol. The smallest absolute Gasteiger partial charge is 0.271 e. The van der Waals surface area contributed by atoms with Gasteiger partial charge in [0.2, 0.25) is 0 Å². The van der Waals surface area contributed by atoms with Crippen LogP contribution in [0.2, 0.25) is 0 Å². The molecule has 150 valence electrons. The fourth-order valence-electron chi connectivity index (χ4n) is 3.48. The van der Waals surface area contributed by atoms with Gasteiger partial charge in [-0.15, -0.1) is 0 Å². The minimum Gasteiger partial charge on any atom is -0.379 e. The normalized spacial score (nSPS) is 15.8. The lowest BCUT2D eigenvalue weighted by Gasteiger charge is -2.34. The van der Waals surface area contributed by atoms with Crippen LogP contribution in [0.5, 0.6) is 0 Å². The van der Waals surface area contributed by atoms with Gasteiger partial charge >= 0.3 is 0 Å². The van der Waals surface area contributed by atoms with Gasteiger partial charge in [0.05, 0.1) is 24.9 Å². The second-order valence-corrected chi connectivity index (χ2v) is 6.91. The monoisotopic (exact) mass is 394 g/mol. The van der Waals surface area contributed by atoms with Crippen molar-refractivity contribution in [2.24, 2.45) is 0 Å². The second-order valence-electron chi connectivity index (χ2n) is 6.91. The molecule has 1 aromatic heterocycles. The van der Waals surface area contributed by atoms with E-state index in [9.17, 15) is 9.18 Å². The predicted octanol–water partition coefficient (Wildman–Crippen LogP) is 2.81. The highest BCUT2D eigenvalue weighted by molar-refractivity contribution is 5.92. The third-order valence-corrected chi connectivity index (χ3v) is 5.04. The van der Waals surface area contributed by atoms with Crippen molar-refractivity contribution in [2.45, 2.75) is 6.04 Å². The van der Waals surface area contributed by atoms with Gasteiger partial charge in [0.15, 0.2) is 5.69 Å². The van der Waals surface area contributed by atoms with Crippen molar-refractivity contribution >= 4 is 5.91 Å². The molecule has 6 nitrogen and oxygen atoms in total. The number of aromatic nitrogens is 2. The maximum absolute atomic E-state index is 13.1. The summed E-state index contributed by atoms with van der Waals surface area (Å²) in [7, 11) is 0. The Morgan fingerprint density at radius 1 is 1.07 bits per heavy atom. The summed E-state index contributed by atoms with van der Waals surface area (Å²) in [5, 5.41) is 7.33. The van der Waals surface area contributed by atoms with Gasteiger partial charge in [-0.25, -0.2) is 9.07 Å². The average molecular weight is 394 g/mol. The van der Waals surface area contributed by atoms with Crippen LogP contribution < -0.4 is 5.32 Å². The van der Waals surface area contributed by atoms with E-state index in [1.165, 1.54) is 12.1 Å². The molecule has 2 aromatic carbocycles. The molecule has 1 N–H and O–H groups in total. The fraction of sp³-hybridized carbons (Fsp3) is 0.273. The van der Waals surface area contributed by atoms with Crippen LogP contribution in [0.25, 0.3) is 5.69 Å². The zero-order valence-electron chi connectivity index (χ0n) is 16.0. The van der Waals surface area contributed by atoms with Crippen molar-refractivity contribution in [3.05, 3.63) is 83.9 Å². The molecule has 2 heterocycles. The number of hydrogen-bond acceptors (Lipinski definition) is 4. The number of rotatable bonds is 6. The first kappa shape index (κ1) is 19.3. The number of carbonyl (C=O) groups excluding carboxylic acids is 1. The van der Waals surface area contributed by atoms with Gasteiger partial charge in [-0.2, -0.15) is 5.10 Å². The number of morpholine rings is 1. The van der Waals surface area contributed by atoms with Crippen molar-refractivity contribution < 1.29 is 13.9 Å². The van der Waals surface area contributed by atoms with Crippen LogP contribution in [0.4, 0.5) is 4.39 Å². The minimum atomic E-state index is -0.311. The lowest BCUT2D eigenvalue weighted by Crippen LogP contribution is -2.43. The van der Waals surface area contributed by atoms with Gasteiger partial charge in [0.1, 0.15) is 5.82 Å². The Morgan fingerprint density at radius 2 is 1.79 bits per heavy atom. The lowest BCUT2D eigenvalue weighted by molar-refractivity contribution is 0.0162. The maximum Gasteiger partial charge on any atom is 0.271 e. The fourth-order valence-corrected chi connectivity index (χ4v) is 3.48. The molecule has 1 unspecified atom stereocenters. The molecule has 0 bridgehead atoms. The van der Waals surface area contributed by atoms with E-state index in [1.807, 2.05) is 18.2 Å². The largest absolute Gasteiger partial charge is 0.379 e. The summed E-state index contributed by atoms with van der Waals surface area (Å²) in [5.74, 6) is -0.547. The molecular formula is C22H23FN4O2. The van der Waals surface area contributed by atoms with Crippen molar-refractivity contribution in [2.75, 3.05) is 32.8 Å². The zero-order valence-corrected chi connectivity index (χ0v) is 16.0. The number of ether oxygens (including phenoxy) is 1. The number of benzene rings is 2. The van der Waals surface area contributed by atoms with E-state index in [1.54, 1.807) is 29.1 Å². The summed E-state index contributed by atoms with van der Waals surface area (Å²) in [6, 6.07) is 17.9. The van der Waals surface area contributed by atoms with Crippen LogP contribution in [0.3, 0.4) is 0 Å². The molecule has 0 aliphatic carbocycles. The topological polar surface area (TPSA) is 59.4 Å². The van der Waals surface area contributed by atoms with E-state index in [4.69, 9.17) is 4.74 Å². The number of hydrogen-bond donors (Lipinski definition) is 1.